The number of aromatic nitrogens is 3. The van der Waals surface area contributed by atoms with Gasteiger partial charge in [-0.25, -0.2) is 9.48 Å². The van der Waals surface area contributed by atoms with Crippen LogP contribution in [0.4, 0.5) is 0 Å². The predicted molar refractivity (Wildman–Crippen MR) is 71.4 cm³/mol. The number of nitrogens with zero attached hydrogens (tertiary/aromatic N) is 4. The first-order valence-corrected chi connectivity index (χ1v) is 7.03. The average Bonchev–Trinajstić information content (AvgIpc) is 3.14. The highest BCUT2D eigenvalue weighted by atomic mass is 16.4. The lowest BCUT2D eigenvalue weighted by Crippen LogP contribution is -2.36. The molecule has 1 fully saturated rings. The zero-order chi connectivity index (χ0) is 14.7. The number of amides is 1. The molecule has 1 aliphatic carbocycles. The summed E-state index contributed by atoms with van der Waals surface area (Å²) in [6.45, 7) is 4.65. The molecule has 1 aromatic heterocycles. The van der Waals surface area contributed by atoms with Crippen LogP contribution in [0, 0.1) is 0 Å². The van der Waals surface area contributed by atoms with Crippen LogP contribution in [0.3, 0.4) is 0 Å². The molecule has 0 saturated heterocycles. The van der Waals surface area contributed by atoms with Crippen LogP contribution in [-0.2, 0) is 17.8 Å². The van der Waals surface area contributed by atoms with E-state index in [2.05, 4.69) is 10.3 Å². The summed E-state index contributed by atoms with van der Waals surface area (Å²) < 4.78 is 1.43. The van der Waals surface area contributed by atoms with E-state index in [0.29, 0.717) is 24.7 Å². The van der Waals surface area contributed by atoms with E-state index >= 15 is 0 Å². The number of hydrogen-bond acceptors (Lipinski definition) is 4. The van der Waals surface area contributed by atoms with Gasteiger partial charge >= 0.3 is 5.97 Å². The molecule has 0 aliphatic heterocycles. The molecule has 1 aromatic rings. The third kappa shape index (κ3) is 2.97. The molecule has 110 valence electrons. The number of carboxylic acid groups (broad SMARTS) is 1. The number of carbonyl (C=O) groups excluding carboxylic acids is 1. The molecule has 0 radical (unpaired) electrons. The van der Waals surface area contributed by atoms with E-state index in [9.17, 15) is 9.59 Å². The third-order valence-electron chi connectivity index (χ3n) is 3.46. The standard InChI is InChI=1S/C13H20N4O3/c1-3-5-10-12(13(19)20)14-15-17(10)8-11(18)16(4-2)9-6-7-9/h9H,3-8H2,1-2H3,(H,19,20). The van der Waals surface area contributed by atoms with Gasteiger partial charge in [-0.2, -0.15) is 0 Å². The minimum Gasteiger partial charge on any atom is -0.476 e. The minimum atomic E-state index is -1.10. The lowest BCUT2D eigenvalue weighted by atomic mass is 10.2. The zero-order valence-corrected chi connectivity index (χ0v) is 11.9. The van der Waals surface area contributed by atoms with Crippen molar-refractivity contribution in [3.63, 3.8) is 0 Å². The molecule has 0 aromatic carbocycles. The van der Waals surface area contributed by atoms with Gasteiger partial charge in [-0.1, -0.05) is 18.6 Å². The molecule has 20 heavy (non-hydrogen) atoms. The van der Waals surface area contributed by atoms with Gasteiger partial charge in [0.25, 0.3) is 0 Å². The molecule has 0 spiro atoms. The minimum absolute atomic E-state index is 0.0193. The summed E-state index contributed by atoms with van der Waals surface area (Å²) in [5.41, 5.74) is 0.481. The monoisotopic (exact) mass is 280 g/mol. The summed E-state index contributed by atoms with van der Waals surface area (Å²) in [6, 6.07) is 0.351. The number of rotatable bonds is 7. The van der Waals surface area contributed by atoms with Crippen molar-refractivity contribution in [1.29, 1.82) is 0 Å². The van der Waals surface area contributed by atoms with Crippen molar-refractivity contribution in [3.05, 3.63) is 11.4 Å². The second-order valence-electron chi connectivity index (χ2n) is 5.01. The molecular formula is C13H20N4O3. The van der Waals surface area contributed by atoms with Crippen molar-refractivity contribution in [2.24, 2.45) is 0 Å². The van der Waals surface area contributed by atoms with Gasteiger partial charge < -0.3 is 10.0 Å². The van der Waals surface area contributed by atoms with Crippen molar-refractivity contribution in [2.45, 2.75) is 52.1 Å². The molecule has 1 aliphatic rings. The molecule has 2 rings (SSSR count). The van der Waals surface area contributed by atoms with Crippen molar-refractivity contribution >= 4 is 11.9 Å². The summed E-state index contributed by atoms with van der Waals surface area (Å²) in [7, 11) is 0. The van der Waals surface area contributed by atoms with Gasteiger partial charge in [-0.15, -0.1) is 5.10 Å². The Morgan fingerprint density at radius 3 is 2.60 bits per heavy atom. The number of carboxylic acids is 1. The summed E-state index contributed by atoms with van der Waals surface area (Å²) in [5, 5.41) is 16.6. The van der Waals surface area contributed by atoms with Crippen LogP contribution in [0.5, 0.6) is 0 Å². The maximum absolute atomic E-state index is 12.3. The molecule has 7 heteroatoms. The summed E-state index contributed by atoms with van der Waals surface area (Å²) in [4.78, 5) is 25.2. The molecule has 0 bridgehead atoms. The van der Waals surface area contributed by atoms with E-state index < -0.39 is 5.97 Å². The van der Waals surface area contributed by atoms with E-state index in [1.54, 1.807) is 0 Å². The number of hydrogen-bond donors (Lipinski definition) is 1. The molecule has 0 unspecified atom stereocenters. The Bertz CT molecular complexity index is 508. The van der Waals surface area contributed by atoms with Gasteiger partial charge in [0.15, 0.2) is 5.69 Å². The van der Waals surface area contributed by atoms with Crippen LogP contribution in [-0.4, -0.2) is 49.5 Å². The fourth-order valence-corrected chi connectivity index (χ4v) is 2.35. The zero-order valence-electron chi connectivity index (χ0n) is 11.9. The van der Waals surface area contributed by atoms with Crippen LogP contribution >= 0.6 is 0 Å². The van der Waals surface area contributed by atoms with Crippen molar-refractivity contribution in [1.82, 2.24) is 19.9 Å². The highest BCUT2D eigenvalue weighted by molar-refractivity contribution is 5.86. The topological polar surface area (TPSA) is 88.3 Å². The molecule has 1 saturated carbocycles. The average molecular weight is 280 g/mol. The summed E-state index contributed by atoms with van der Waals surface area (Å²) >= 11 is 0. The Morgan fingerprint density at radius 1 is 1.40 bits per heavy atom. The molecule has 1 amide bonds. The second kappa shape index (κ2) is 6.02. The fraction of sp³-hybridized carbons (Fsp3) is 0.692. The highest BCUT2D eigenvalue weighted by Gasteiger charge is 2.32. The van der Waals surface area contributed by atoms with E-state index in [4.69, 9.17) is 5.11 Å². The fourth-order valence-electron chi connectivity index (χ4n) is 2.35. The quantitative estimate of drug-likeness (QED) is 0.803. The summed E-state index contributed by atoms with van der Waals surface area (Å²) in [6.07, 6.45) is 3.44. The van der Waals surface area contributed by atoms with Gasteiger partial charge in [0.05, 0.1) is 5.69 Å². The van der Waals surface area contributed by atoms with Gasteiger partial charge in [0.2, 0.25) is 5.91 Å². The number of carbonyl (C=O) groups is 2. The Labute approximate surface area is 117 Å². The Hall–Kier alpha value is -1.92. The van der Waals surface area contributed by atoms with Crippen molar-refractivity contribution in [3.8, 4) is 0 Å². The first-order chi connectivity index (χ1) is 9.58. The Morgan fingerprint density at radius 2 is 2.10 bits per heavy atom. The molecule has 0 atom stereocenters. The molecule has 7 nitrogen and oxygen atoms in total. The van der Waals surface area contributed by atoms with Gasteiger partial charge in [0.1, 0.15) is 6.54 Å². The third-order valence-corrected chi connectivity index (χ3v) is 3.46. The van der Waals surface area contributed by atoms with E-state index in [1.807, 2.05) is 18.7 Å². The van der Waals surface area contributed by atoms with Crippen LogP contribution in [0.25, 0.3) is 0 Å². The highest BCUT2D eigenvalue weighted by Crippen LogP contribution is 2.26. The maximum atomic E-state index is 12.3. The lowest BCUT2D eigenvalue weighted by molar-refractivity contribution is -0.132. The van der Waals surface area contributed by atoms with Crippen molar-refractivity contribution in [2.75, 3.05) is 6.54 Å². The Balaban J connectivity index is 2.15. The first kappa shape index (κ1) is 14.5. The van der Waals surface area contributed by atoms with Crippen LogP contribution in [0.15, 0.2) is 0 Å². The van der Waals surface area contributed by atoms with E-state index in [-0.39, 0.29) is 18.1 Å². The second-order valence-corrected chi connectivity index (χ2v) is 5.01. The van der Waals surface area contributed by atoms with Gasteiger partial charge in [0, 0.05) is 12.6 Å². The number of aromatic carboxylic acids is 1. The first-order valence-electron chi connectivity index (χ1n) is 7.03. The molecular weight excluding hydrogens is 260 g/mol. The maximum Gasteiger partial charge on any atom is 0.358 e. The van der Waals surface area contributed by atoms with Crippen LogP contribution < -0.4 is 0 Å². The summed E-state index contributed by atoms with van der Waals surface area (Å²) in [5.74, 6) is -1.11. The molecule has 1 heterocycles. The van der Waals surface area contributed by atoms with Crippen molar-refractivity contribution < 1.29 is 14.7 Å². The van der Waals surface area contributed by atoms with Crippen LogP contribution in [0.2, 0.25) is 0 Å². The van der Waals surface area contributed by atoms with E-state index in [1.165, 1.54) is 4.68 Å². The smallest absolute Gasteiger partial charge is 0.358 e. The predicted octanol–water partition coefficient (Wildman–Crippen LogP) is 0.940. The lowest BCUT2D eigenvalue weighted by Gasteiger charge is -2.20. The van der Waals surface area contributed by atoms with Crippen LogP contribution in [0.1, 0.15) is 49.3 Å². The SMILES string of the molecule is CCCc1c(C(=O)O)nnn1CC(=O)N(CC)C1CC1. The normalized spacial score (nSPS) is 14.3. The van der Waals surface area contributed by atoms with Gasteiger partial charge in [-0.3, -0.25) is 4.79 Å². The molecule has 1 N–H and O–H groups in total. The largest absolute Gasteiger partial charge is 0.476 e. The van der Waals surface area contributed by atoms with E-state index in [0.717, 1.165) is 19.3 Å². The Kier molecular flexibility index (Phi) is 4.36. The number of likely N-dealkylation sites (N-methyl/N-ethyl adjacent to an activating group) is 1. The van der Waals surface area contributed by atoms with Gasteiger partial charge in [-0.05, 0) is 26.2 Å².